The van der Waals surface area contributed by atoms with E-state index in [9.17, 15) is 4.79 Å². The number of halogens is 1. The molecule has 0 heterocycles. The van der Waals surface area contributed by atoms with Gasteiger partial charge in [0.05, 0.1) is 22.9 Å². The quantitative estimate of drug-likeness (QED) is 0.470. The SMILES string of the molecule is C#Cc1ccc(C(=O)NI)cc1. The average Bonchev–Trinajstić information content (AvgIpc) is 2.17. The molecular formula is C9H6INO. The highest BCUT2D eigenvalue weighted by molar-refractivity contribution is 14.1. The third-order valence-corrected chi connectivity index (χ3v) is 1.89. The van der Waals surface area contributed by atoms with Crippen LogP contribution in [0, 0.1) is 12.3 Å². The molecule has 1 N–H and O–H groups in total. The van der Waals surface area contributed by atoms with Crippen molar-refractivity contribution in [2.45, 2.75) is 0 Å². The first-order valence-electron chi connectivity index (χ1n) is 3.25. The number of carbonyl (C=O) groups excluding carboxylic acids is 1. The Bertz CT molecular complexity index is 323. The number of nitrogens with one attached hydrogen (secondary N) is 1. The molecule has 1 amide bonds. The molecule has 0 atom stereocenters. The van der Waals surface area contributed by atoms with Crippen molar-refractivity contribution in [3.05, 3.63) is 35.4 Å². The summed E-state index contributed by atoms with van der Waals surface area (Å²) in [6.07, 6.45) is 5.16. The van der Waals surface area contributed by atoms with Gasteiger partial charge in [-0.25, -0.2) is 0 Å². The van der Waals surface area contributed by atoms with E-state index in [0.29, 0.717) is 5.56 Å². The van der Waals surface area contributed by atoms with E-state index in [4.69, 9.17) is 6.42 Å². The Morgan fingerprint density at radius 2 is 2.00 bits per heavy atom. The van der Waals surface area contributed by atoms with Gasteiger partial charge in [0.15, 0.2) is 0 Å². The van der Waals surface area contributed by atoms with Gasteiger partial charge >= 0.3 is 0 Å². The van der Waals surface area contributed by atoms with Gasteiger partial charge < -0.3 is 0 Å². The first-order valence-corrected chi connectivity index (χ1v) is 4.33. The fraction of sp³-hybridized carbons (Fsp3) is 0. The van der Waals surface area contributed by atoms with Crippen LogP contribution in [0.2, 0.25) is 0 Å². The molecule has 2 nitrogen and oxygen atoms in total. The van der Waals surface area contributed by atoms with E-state index in [-0.39, 0.29) is 5.91 Å². The maximum atomic E-state index is 11.0. The standard InChI is InChI=1S/C9H6INO/c1-2-7-3-5-8(6-4-7)9(12)11-10/h1,3-6H,(H,11,12). The number of terminal acetylenes is 1. The third-order valence-electron chi connectivity index (χ3n) is 1.40. The fourth-order valence-corrected chi connectivity index (χ4v) is 1.08. The van der Waals surface area contributed by atoms with Gasteiger partial charge in [-0.15, -0.1) is 6.42 Å². The largest absolute Gasteiger partial charge is 0.295 e. The molecule has 0 fully saturated rings. The Morgan fingerprint density at radius 3 is 2.42 bits per heavy atom. The minimum absolute atomic E-state index is 0.112. The normalized spacial score (nSPS) is 8.67. The van der Waals surface area contributed by atoms with Crippen molar-refractivity contribution in [2.75, 3.05) is 0 Å². The van der Waals surface area contributed by atoms with E-state index in [0.717, 1.165) is 5.56 Å². The van der Waals surface area contributed by atoms with Crippen molar-refractivity contribution >= 4 is 28.8 Å². The van der Waals surface area contributed by atoms with Gasteiger partial charge in [-0.05, 0) is 24.3 Å². The Balaban J connectivity index is 2.94. The molecule has 0 radical (unpaired) electrons. The van der Waals surface area contributed by atoms with Crippen LogP contribution in [0.4, 0.5) is 0 Å². The second-order valence-electron chi connectivity index (χ2n) is 2.15. The lowest BCUT2D eigenvalue weighted by molar-refractivity contribution is 0.0989. The Morgan fingerprint density at radius 1 is 1.42 bits per heavy atom. The van der Waals surface area contributed by atoms with Crippen molar-refractivity contribution in [3.63, 3.8) is 0 Å². The van der Waals surface area contributed by atoms with Crippen LogP contribution in [-0.2, 0) is 0 Å². The van der Waals surface area contributed by atoms with E-state index in [1.54, 1.807) is 47.1 Å². The number of carbonyl (C=O) groups is 1. The number of benzene rings is 1. The Kier molecular flexibility index (Phi) is 3.11. The van der Waals surface area contributed by atoms with Crippen LogP contribution in [0.5, 0.6) is 0 Å². The molecule has 0 aliphatic rings. The monoisotopic (exact) mass is 271 g/mol. The average molecular weight is 271 g/mol. The molecule has 3 heteroatoms. The lowest BCUT2D eigenvalue weighted by Gasteiger charge is -1.96. The number of hydrogen-bond donors (Lipinski definition) is 1. The predicted molar refractivity (Wildman–Crippen MR) is 55.9 cm³/mol. The van der Waals surface area contributed by atoms with Crippen molar-refractivity contribution < 1.29 is 4.79 Å². The molecule has 1 rings (SSSR count). The summed E-state index contributed by atoms with van der Waals surface area (Å²) in [4.78, 5) is 11.0. The summed E-state index contributed by atoms with van der Waals surface area (Å²) in [5.41, 5.74) is 1.39. The van der Waals surface area contributed by atoms with Gasteiger partial charge in [0.25, 0.3) is 5.91 Å². The molecule has 60 valence electrons. The summed E-state index contributed by atoms with van der Waals surface area (Å²) in [5.74, 6) is 2.37. The Labute approximate surface area is 84.9 Å². The van der Waals surface area contributed by atoms with Gasteiger partial charge in [0, 0.05) is 11.1 Å². The van der Waals surface area contributed by atoms with Crippen molar-refractivity contribution in [3.8, 4) is 12.3 Å². The van der Waals surface area contributed by atoms with Crippen LogP contribution in [0.25, 0.3) is 0 Å². The molecule has 0 bridgehead atoms. The molecule has 0 aliphatic heterocycles. The smallest absolute Gasteiger partial charge is 0.259 e. The van der Waals surface area contributed by atoms with Crippen LogP contribution in [0.15, 0.2) is 24.3 Å². The molecule has 0 aliphatic carbocycles. The molecule has 12 heavy (non-hydrogen) atoms. The molecule has 0 saturated heterocycles. The topological polar surface area (TPSA) is 29.1 Å². The van der Waals surface area contributed by atoms with E-state index >= 15 is 0 Å². The van der Waals surface area contributed by atoms with Gasteiger partial charge in [-0.1, -0.05) is 5.92 Å². The lowest BCUT2D eigenvalue weighted by atomic mass is 10.1. The number of hydrogen-bond acceptors (Lipinski definition) is 1. The highest BCUT2D eigenvalue weighted by Crippen LogP contribution is 2.03. The molecule has 0 saturated carbocycles. The zero-order valence-corrected chi connectivity index (χ0v) is 8.33. The second kappa shape index (κ2) is 4.12. The predicted octanol–water partition coefficient (Wildman–Crippen LogP) is 1.75. The van der Waals surface area contributed by atoms with E-state index < -0.39 is 0 Å². The highest BCUT2D eigenvalue weighted by Gasteiger charge is 2.01. The van der Waals surface area contributed by atoms with Crippen LogP contribution in [0.3, 0.4) is 0 Å². The summed E-state index contributed by atoms with van der Waals surface area (Å²) in [7, 11) is 0. The minimum atomic E-state index is -0.112. The third kappa shape index (κ3) is 1.98. The molecular weight excluding hydrogens is 265 g/mol. The maximum Gasteiger partial charge on any atom is 0.259 e. The van der Waals surface area contributed by atoms with Crippen LogP contribution in [0.1, 0.15) is 15.9 Å². The molecule has 0 unspecified atom stereocenters. The second-order valence-corrected chi connectivity index (χ2v) is 2.68. The lowest BCUT2D eigenvalue weighted by Crippen LogP contribution is -2.11. The highest BCUT2D eigenvalue weighted by atomic mass is 127. The maximum absolute atomic E-state index is 11.0. The molecule has 0 aromatic heterocycles. The van der Waals surface area contributed by atoms with Crippen molar-refractivity contribution in [2.24, 2.45) is 0 Å². The first-order chi connectivity index (χ1) is 5.77. The van der Waals surface area contributed by atoms with E-state index in [1.165, 1.54) is 0 Å². The summed E-state index contributed by atoms with van der Waals surface area (Å²) in [6.45, 7) is 0. The van der Waals surface area contributed by atoms with Crippen molar-refractivity contribution in [1.29, 1.82) is 0 Å². The summed E-state index contributed by atoms with van der Waals surface area (Å²) in [6, 6.07) is 6.87. The minimum Gasteiger partial charge on any atom is -0.295 e. The van der Waals surface area contributed by atoms with E-state index in [2.05, 4.69) is 9.45 Å². The summed E-state index contributed by atoms with van der Waals surface area (Å²) < 4.78 is 2.50. The summed E-state index contributed by atoms with van der Waals surface area (Å²) >= 11 is 1.80. The number of rotatable bonds is 1. The van der Waals surface area contributed by atoms with Crippen LogP contribution >= 0.6 is 22.9 Å². The van der Waals surface area contributed by atoms with Crippen LogP contribution in [-0.4, -0.2) is 5.91 Å². The molecule has 0 spiro atoms. The first kappa shape index (κ1) is 9.07. The molecule has 1 aromatic carbocycles. The number of amides is 1. The van der Waals surface area contributed by atoms with Gasteiger partial charge in [-0.2, -0.15) is 0 Å². The van der Waals surface area contributed by atoms with Crippen LogP contribution < -0.4 is 3.53 Å². The van der Waals surface area contributed by atoms with Crippen molar-refractivity contribution in [1.82, 2.24) is 3.53 Å². The Hall–Kier alpha value is -1.02. The van der Waals surface area contributed by atoms with Gasteiger partial charge in [0.1, 0.15) is 0 Å². The zero-order valence-electron chi connectivity index (χ0n) is 6.17. The summed E-state index contributed by atoms with van der Waals surface area (Å²) in [5, 5.41) is 0. The van der Waals surface area contributed by atoms with Gasteiger partial charge in [0.2, 0.25) is 0 Å². The molecule has 1 aromatic rings. The zero-order chi connectivity index (χ0) is 8.97. The fourth-order valence-electron chi connectivity index (χ4n) is 0.772. The van der Waals surface area contributed by atoms with Gasteiger partial charge in [-0.3, -0.25) is 8.32 Å². The van der Waals surface area contributed by atoms with E-state index in [1.807, 2.05) is 0 Å².